The van der Waals surface area contributed by atoms with Crippen LogP contribution in [0.5, 0.6) is 5.75 Å². The van der Waals surface area contributed by atoms with Crippen LogP contribution < -0.4 is 10.1 Å². The molecule has 0 radical (unpaired) electrons. The lowest BCUT2D eigenvalue weighted by Crippen LogP contribution is -2.46. The van der Waals surface area contributed by atoms with Crippen molar-refractivity contribution in [2.75, 3.05) is 13.1 Å². The number of amides is 2. The number of fused-ring (bicyclic) bond motifs is 2. The monoisotopic (exact) mass is 446 g/mol. The lowest BCUT2D eigenvalue weighted by molar-refractivity contribution is -0.130. The molecule has 1 spiro atoms. The van der Waals surface area contributed by atoms with Crippen LogP contribution in [0.15, 0.2) is 54.7 Å². The highest BCUT2D eigenvalue weighted by atomic mass is 16.5. The van der Waals surface area contributed by atoms with Crippen LogP contribution in [-0.4, -0.2) is 45.2 Å². The van der Waals surface area contributed by atoms with E-state index in [2.05, 4.69) is 10.4 Å². The molecule has 3 heterocycles. The van der Waals surface area contributed by atoms with Crippen LogP contribution >= 0.6 is 0 Å². The highest BCUT2D eigenvalue weighted by Crippen LogP contribution is 2.44. The molecule has 0 saturated carbocycles. The molecule has 0 aliphatic carbocycles. The Morgan fingerprint density at radius 3 is 2.88 bits per heavy atom. The van der Waals surface area contributed by atoms with E-state index in [9.17, 15) is 9.59 Å². The Labute approximate surface area is 193 Å². The number of hydrogen-bond donors (Lipinski definition) is 1. The number of benzene rings is 2. The summed E-state index contributed by atoms with van der Waals surface area (Å²) < 4.78 is 8.40. The van der Waals surface area contributed by atoms with Gasteiger partial charge in [-0.3, -0.25) is 14.3 Å². The van der Waals surface area contributed by atoms with Crippen LogP contribution in [0.1, 0.15) is 50.6 Å². The maximum Gasteiger partial charge on any atom is 0.222 e. The molecule has 1 N–H and O–H groups in total. The van der Waals surface area contributed by atoms with Gasteiger partial charge in [-0.05, 0) is 25.5 Å². The number of likely N-dealkylation sites (tertiary alicyclic amines) is 1. The number of hydrogen-bond acceptors (Lipinski definition) is 4. The summed E-state index contributed by atoms with van der Waals surface area (Å²) >= 11 is 0. The van der Waals surface area contributed by atoms with Crippen LogP contribution in [0, 0.1) is 0 Å². The smallest absolute Gasteiger partial charge is 0.222 e. The van der Waals surface area contributed by atoms with Gasteiger partial charge >= 0.3 is 0 Å². The van der Waals surface area contributed by atoms with Crippen molar-refractivity contribution in [2.24, 2.45) is 0 Å². The number of para-hydroxylation sites is 2. The first-order valence-electron chi connectivity index (χ1n) is 11.8. The van der Waals surface area contributed by atoms with Gasteiger partial charge in [0.05, 0.1) is 24.3 Å². The number of ether oxygens (including phenoxy) is 1. The molecule has 7 heteroatoms. The number of rotatable bonds is 5. The molecule has 3 aromatic rings. The third kappa shape index (κ3) is 4.32. The lowest BCUT2D eigenvalue weighted by Gasteiger charge is -2.42. The van der Waals surface area contributed by atoms with Gasteiger partial charge in [0.2, 0.25) is 11.8 Å². The summed E-state index contributed by atoms with van der Waals surface area (Å²) in [6, 6.07) is 15.8. The molecule has 33 heavy (non-hydrogen) atoms. The molecule has 2 unspecified atom stereocenters. The summed E-state index contributed by atoms with van der Waals surface area (Å²) in [4.78, 5) is 27.3. The lowest BCUT2D eigenvalue weighted by atomic mass is 9.82. The van der Waals surface area contributed by atoms with Crippen molar-refractivity contribution in [3.63, 3.8) is 0 Å². The van der Waals surface area contributed by atoms with Crippen molar-refractivity contribution in [3.8, 4) is 5.75 Å². The molecule has 1 saturated heterocycles. The van der Waals surface area contributed by atoms with E-state index < -0.39 is 5.60 Å². The minimum Gasteiger partial charge on any atom is -0.487 e. The molecule has 2 aliphatic rings. The molecule has 2 aliphatic heterocycles. The van der Waals surface area contributed by atoms with Crippen molar-refractivity contribution >= 4 is 22.7 Å². The van der Waals surface area contributed by atoms with Gasteiger partial charge in [-0.1, -0.05) is 36.4 Å². The molecular weight excluding hydrogens is 416 g/mol. The fourth-order valence-corrected chi connectivity index (χ4v) is 5.15. The third-order valence-corrected chi connectivity index (χ3v) is 7.00. The van der Waals surface area contributed by atoms with Crippen LogP contribution in [0.3, 0.4) is 0 Å². The molecule has 1 aromatic heterocycles. The van der Waals surface area contributed by atoms with E-state index in [1.165, 1.54) is 0 Å². The maximum absolute atomic E-state index is 13.0. The molecular formula is C26H30N4O3. The Balaban J connectivity index is 1.31. The van der Waals surface area contributed by atoms with Crippen LogP contribution in [-0.2, 0) is 16.1 Å². The predicted octanol–water partition coefficient (Wildman–Crippen LogP) is 3.84. The van der Waals surface area contributed by atoms with Gasteiger partial charge < -0.3 is 15.0 Å². The molecule has 7 nitrogen and oxygen atoms in total. The van der Waals surface area contributed by atoms with E-state index >= 15 is 0 Å². The number of carbonyl (C=O) groups excluding carboxylic acids is 2. The summed E-state index contributed by atoms with van der Waals surface area (Å²) in [6.45, 7) is 3.94. The van der Waals surface area contributed by atoms with Gasteiger partial charge in [0.1, 0.15) is 11.4 Å². The Kier molecular flexibility index (Phi) is 5.79. The highest BCUT2D eigenvalue weighted by molar-refractivity contribution is 5.79. The van der Waals surface area contributed by atoms with Crippen LogP contribution in [0.4, 0.5) is 0 Å². The first-order chi connectivity index (χ1) is 16.1. The van der Waals surface area contributed by atoms with Crippen molar-refractivity contribution in [1.29, 1.82) is 0 Å². The summed E-state index contributed by atoms with van der Waals surface area (Å²) in [5.74, 6) is 0.986. The zero-order chi connectivity index (χ0) is 22.8. The maximum atomic E-state index is 13.0. The van der Waals surface area contributed by atoms with E-state index in [1.54, 1.807) is 0 Å². The number of carbonyl (C=O) groups is 2. The minimum atomic E-state index is -0.440. The molecule has 2 amide bonds. The zero-order valence-electron chi connectivity index (χ0n) is 19.0. The van der Waals surface area contributed by atoms with Gasteiger partial charge in [0, 0.05) is 49.7 Å². The molecule has 2 atom stereocenters. The average molecular weight is 447 g/mol. The van der Waals surface area contributed by atoms with Gasteiger partial charge in [-0.15, -0.1) is 0 Å². The van der Waals surface area contributed by atoms with Gasteiger partial charge in [-0.2, -0.15) is 5.10 Å². The van der Waals surface area contributed by atoms with Crippen LogP contribution in [0.2, 0.25) is 0 Å². The van der Waals surface area contributed by atoms with Crippen molar-refractivity contribution in [2.45, 2.75) is 57.2 Å². The molecule has 2 aromatic carbocycles. The Bertz CT molecular complexity index is 1170. The van der Waals surface area contributed by atoms with Crippen molar-refractivity contribution < 1.29 is 14.3 Å². The Hall–Kier alpha value is -3.35. The second kappa shape index (κ2) is 8.89. The normalized spacial score (nSPS) is 22.6. The SMILES string of the molecule is CCN1CCC2(CCC1=O)CC(NC(=O)CCn1ncc3ccccc31)c1ccccc1O2. The van der Waals surface area contributed by atoms with E-state index in [1.807, 2.05) is 71.2 Å². The summed E-state index contributed by atoms with van der Waals surface area (Å²) in [5.41, 5.74) is 1.59. The van der Waals surface area contributed by atoms with E-state index in [0.29, 0.717) is 45.3 Å². The second-order valence-corrected chi connectivity index (χ2v) is 9.05. The van der Waals surface area contributed by atoms with Crippen LogP contribution in [0.25, 0.3) is 10.9 Å². The van der Waals surface area contributed by atoms with E-state index in [-0.39, 0.29) is 17.9 Å². The molecule has 172 valence electrons. The fourth-order valence-electron chi connectivity index (χ4n) is 5.15. The van der Waals surface area contributed by atoms with E-state index in [0.717, 1.165) is 28.6 Å². The van der Waals surface area contributed by atoms with Gasteiger partial charge in [-0.25, -0.2) is 0 Å². The van der Waals surface area contributed by atoms with Gasteiger partial charge in [0.15, 0.2) is 0 Å². The second-order valence-electron chi connectivity index (χ2n) is 9.05. The molecule has 0 bridgehead atoms. The predicted molar refractivity (Wildman–Crippen MR) is 126 cm³/mol. The largest absolute Gasteiger partial charge is 0.487 e. The number of aryl methyl sites for hydroxylation is 1. The quantitative estimate of drug-likeness (QED) is 0.646. The Morgan fingerprint density at radius 1 is 1.18 bits per heavy atom. The van der Waals surface area contributed by atoms with Crippen molar-refractivity contribution in [1.82, 2.24) is 20.0 Å². The highest BCUT2D eigenvalue weighted by Gasteiger charge is 2.43. The Morgan fingerprint density at radius 2 is 2.00 bits per heavy atom. The van der Waals surface area contributed by atoms with Crippen molar-refractivity contribution in [3.05, 3.63) is 60.3 Å². The number of nitrogens with zero attached hydrogens (tertiary/aromatic N) is 3. The minimum absolute atomic E-state index is 0.00804. The van der Waals surface area contributed by atoms with E-state index in [4.69, 9.17) is 4.74 Å². The number of nitrogens with one attached hydrogen (secondary N) is 1. The first-order valence-corrected chi connectivity index (χ1v) is 11.8. The first kappa shape index (κ1) is 21.5. The molecule has 5 rings (SSSR count). The van der Waals surface area contributed by atoms with Gasteiger partial charge in [0.25, 0.3) is 0 Å². The standard InChI is InChI=1S/C26H30N4O3/c1-2-29-16-14-26(13-11-25(29)32)17-21(20-8-4-6-10-23(20)33-26)28-24(31)12-15-30-22-9-5-3-7-19(22)18-27-30/h3-10,18,21H,2,11-17H2,1H3,(H,28,31). The fraction of sp³-hybridized carbons (Fsp3) is 0.423. The number of aromatic nitrogens is 2. The topological polar surface area (TPSA) is 76.5 Å². The summed E-state index contributed by atoms with van der Waals surface area (Å²) in [7, 11) is 0. The third-order valence-electron chi connectivity index (χ3n) is 7.00. The molecule has 1 fully saturated rings. The zero-order valence-corrected chi connectivity index (χ0v) is 19.0. The summed E-state index contributed by atoms with van der Waals surface area (Å²) in [5, 5.41) is 8.76. The average Bonchev–Trinajstić information content (AvgIpc) is 3.18. The summed E-state index contributed by atoms with van der Waals surface area (Å²) in [6.07, 6.45) is 4.77.